The summed E-state index contributed by atoms with van der Waals surface area (Å²) >= 11 is 0. The third kappa shape index (κ3) is 3.37. The van der Waals surface area contributed by atoms with E-state index in [0.29, 0.717) is 17.7 Å². The van der Waals surface area contributed by atoms with Gasteiger partial charge < -0.3 is 15.4 Å². The van der Waals surface area contributed by atoms with E-state index in [4.69, 9.17) is 0 Å². The highest BCUT2D eigenvalue weighted by molar-refractivity contribution is 5.94. The van der Waals surface area contributed by atoms with Gasteiger partial charge in [-0.2, -0.15) is 0 Å². The van der Waals surface area contributed by atoms with E-state index >= 15 is 0 Å². The van der Waals surface area contributed by atoms with Crippen LogP contribution in [-0.4, -0.2) is 24.0 Å². The fourth-order valence-electron chi connectivity index (χ4n) is 2.45. The van der Waals surface area contributed by atoms with Crippen molar-refractivity contribution in [2.45, 2.75) is 19.6 Å². The molecule has 6 heteroatoms. The van der Waals surface area contributed by atoms with E-state index in [2.05, 4.69) is 20.4 Å². The number of carbonyl (C=O) groups excluding carboxylic acids is 2. The summed E-state index contributed by atoms with van der Waals surface area (Å²) in [5.74, 6) is -0.539. The SMILES string of the molecule is COC(=O)c1ccc(CNC(=O)c2cnc3c(c2)CNC3)cc1. The molecular weight excluding hydrogens is 294 g/mol. The van der Waals surface area contributed by atoms with Crippen LogP contribution in [0.1, 0.15) is 37.5 Å². The molecule has 23 heavy (non-hydrogen) atoms. The van der Waals surface area contributed by atoms with Crippen molar-refractivity contribution < 1.29 is 14.3 Å². The molecule has 0 radical (unpaired) electrons. The Labute approximate surface area is 133 Å². The van der Waals surface area contributed by atoms with Crippen molar-refractivity contribution in [3.8, 4) is 0 Å². The standard InChI is InChI=1S/C17H17N3O3/c1-23-17(22)12-4-2-11(3-5-12)7-20-16(21)14-6-13-8-18-10-15(13)19-9-14/h2-6,9,18H,7-8,10H2,1H3,(H,20,21). The maximum atomic E-state index is 12.2. The minimum absolute atomic E-state index is 0.163. The normalized spacial score (nSPS) is 12.6. The number of hydrogen-bond acceptors (Lipinski definition) is 5. The maximum absolute atomic E-state index is 12.2. The molecule has 2 N–H and O–H groups in total. The number of hydrogen-bond donors (Lipinski definition) is 2. The third-order valence-corrected chi connectivity index (χ3v) is 3.76. The number of esters is 1. The largest absolute Gasteiger partial charge is 0.465 e. The first-order valence-corrected chi connectivity index (χ1v) is 7.31. The van der Waals surface area contributed by atoms with E-state index in [-0.39, 0.29) is 11.9 Å². The number of carbonyl (C=O) groups is 2. The van der Waals surface area contributed by atoms with E-state index in [1.807, 2.05) is 6.07 Å². The molecular formula is C17H17N3O3. The van der Waals surface area contributed by atoms with Gasteiger partial charge in [0.15, 0.2) is 0 Å². The zero-order valence-corrected chi connectivity index (χ0v) is 12.8. The van der Waals surface area contributed by atoms with Crippen molar-refractivity contribution in [1.82, 2.24) is 15.6 Å². The van der Waals surface area contributed by atoms with Crippen molar-refractivity contribution in [1.29, 1.82) is 0 Å². The predicted molar refractivity (Wildman–Crippen MR) is 83.7 cm³/mol. The first kappa shape index (κ1) is 15.2. The molecule has 0 spiro atoms. The van der Waals surface area contributed by atoms with E-state index in [0.717, 1.165) is 29.9 Å². The predicted octanol–water partition coefficient (Wildman–Crippen LogP) is 1.40. The van der Waals surface area contributed by atoms with Crippen LogP contribution >= 0.6 is 0 Å². The highest BCUT2D eigenvalue weighted by atomic mass is 16.5. The molecule has 118 valence electrons. The van der Waals surface area contributed by atoms with Crippen LogP contribution < -0.4 is 10.6 Å². The van der Waals surface area contributed by atoms with E-state index < -0.39 is 0 Å². The summed E-state index contributed by atoms with van der Waals surface area (Å²) in [4.78, 5) is 27.9. The van der Waals surface area contributed by atoms with Crippen LogP contribution in [-0.2, 0) is 24.4 Å². The molecule has 2 heterocycles. The number of pyridine rings is 1. The number of methoxy groups -OCH3 is 1. The van der Waals surface area contributed by atoms with Crippen molar-refractivity contribution in [2.24, 2.45) is 0 Å². The van der Waals surface area contributed by atoms with Crippen LogP contribution in [0.25, 0.3) is 0 Å². The molecule has 3 rings (SSSR count). The van der Waals surface area contributed by atoms with Gasteiger partial charge in [0, 0.05) is 25.8 Å². The molecule has 0 saturated carbocycles. The number of amides is 1. The van der Waals surface area contributed by atoms with Gasteiger partial charge in [-0.15, -0.1) is 0 Å². The summed E-state index contributed by atoms with van der Waals surface area (Å²) in [6.07, 6.45) is 1.60. The van der Waals surface area contributed by atoms with E-state index in [1.54, 1.807) is 30.5 Å². The Morgan fingerprint density at radius 3 is 2.74 bits per heavy atom. The van der Waals surface area contributed by atoms with Crippen LogP contribution in [0.15, 0.2) is 36.5 Å². The van der Waals surface area contributed by atoms with Crippen LogP contribution in [0.5, 0.6) is 0 Å². The lowest BCUT2D eigenvalue weighted by atomic mass is 10.1. The molecule has 2 aromatic rings. The van der Waals surface area contributed by atoms with Gasteiger partial charge in [-0.25, -0.2) is 4.79 Å². The lowest BCUT2D eigenvalue weighted by molar-refractivity contribution is 0.0600. The van der Waals surface area contributed by atoms with Gasteiger partial charge >= 0.3 is 5.97 Å². The number of nitrogens with zero attached hydrogens (tertiary/aromatic N) is 1. The van der Waals surface area contributed by atoms with Crippen molar-refractivity contribution in [3.63, 3.8) is 0 Å². The number of aromatic nitrogens is 1. The highest BCUT2D eigenvalue weighted by Gasteiger charge is 2.14. The van der Waals surface area contributed by atoms with Gasteiger partial charge in [-0.1, -0.05) is 12.1 Å². The third-order valence-electron chi connectivity index (χ3n) is 3.76. The summed E-state index contributed by atoms with van der Waals surface area (Å²) in [5.41, 5.74) is 4.01. The Morgan fingerprint density at radius 2 is 2.00 bits per heavy atom. The van der Waals surface area contributed by atoms with Gasteiger partial charge in [-0.3, -0.25) is 9.78 Å². The Morgan fingerprint density at radius 1 is 1.22 bits per heavy atom. The molecule has 1 aromatic heterocycles. The maximum Gasteiger partial charge on any atom is 0.337 e. The summed E-state index contributed by atoms with van der Waals surface area (Å²) in [5, 5.41) is 6.05. The Balaban J connectivity index is 1.61. The Kier molecular flexibility index (Phi) is 4.34. The van der Waals surface area contributed by atoms with Gasteiger partial charge in [0.2, 0.25) is 0 Å². The number of nitrogens with one attached hydrogen (secondary N) is 2. The number of fused-ring (bicyclic) bond motifs is 1. The van der Waals surface area contributed by atoms with Crippen LogP contribution in [0.2, 0.25) is 0 Å². The summed E-state index contributed by atoms with van der Waals surface area (Å²) in [7, 11) is 1.34. The number of benzene rings is 1. The Hall–Kier alpha value is -2.73. The van der Waals surface area contributed by atoms with Gasteiger partial charge in [-0.05, 0) is 29.3 Å². The lowest BCUT2D eigenvalue weighted by Gasteiger charge is -2.07. The van der Waals surface area contributed by atoms with Crippen LogP contribution in [0, 0.1) is 0 Å². The summed E-state index contributed by atoms with van der Waals surface area (Å²) < 4.78 is 4.65. The molecule has 0 aliphatic carbocycles. The monoisotopic (exact) mass is 311 g/mol. The summed E-state index contributed by atoms with van der Waals surface area (Å²) in [6.45, 7) is 1.89. The molecule has 0 atom stereocenters. The zero-order chi connectivity index (χ0) is 16.2. The number of rotatable bonds is 4. The average molecular weight is 311 g/mol. The second kappa shape index (κ2) is 6.58. The lowest BCUT2D eigenvalue weighted by Crippen LogP contribution is -2.23. The van der Waals surface area contributed by atoms with E-state index in [1.165, 1.54) is 7.11 Å². The summed E-state index contributed by atoms with van der Waals surface area (Å²) in [6, 6.07) is 8.80. The highest BCUT2D eigenvalue weighted by Crippen LogP contribution is 2.14. The minimum Gasteiger partial charge on any atom is -0.465 e. The quantitative estimate of drug-likeness (QED) is 0.834. The molecule has 0 fully saturated rings. The molecule has 6 nitrogen and oxygen atoms in total. The minimum atomic E-state index is -0.376. The van der Waals surface area contributed by atoms with Crippen molar-refractivity contribution in [2.75, 3.05) is 7.11 Å². The van der Waals surface area contributed by atoms with Gasteiger partial charge in [0.25, 0.3) is 5.91 Å². The molecule has 1 aromatic carbocycles. The molecule has 0 bridgehead atoms. The first-order chi connectivity index (χ1) is 11.2. The zero-order valence-electron chi connectivity index (χ0n) is 12.8. The molecule has 0 saturated heterocycles. The second-order valence-corrected chi connectivity index (χ2v) is 5.30. The molecule has 1 aliphatic heterocycles. The number of ether oxygens (including phenoxy) is 1. The van der Waals surface area contributed by atoms with Crippen LogP contribution in [0.4, 0.5) is 0 Å². The molecule has 0 unspecified atom stereocenters. The van der Waals surface area contributed by atoms with Crippen molar-refractivity contribution >= 4 is 11.9 Å². The topological polar surface area (TPSA) is 80.3 Å². The fourth-order valence-corrected chi connectivity index (χ4v) is 2.45. The van der Waals surface area contributed by atoms with Gasteiger partial charge in [0.1, 0.15) is 0 Å². The van der Waals surface area contributed by atoms with Gasteiger partial charge in [0.05, 0.1) is 23.9 Å². The molecule has 1 amide bonds. The molecule has 1 aliphatic rings. The van der Waals surface area contributed by atoms with E-state index in [9.17, 15) is 9.59 Å². The average Bonchev–Trinajstić information content (AvgIpc) is 3.07. The Bertz CT molecular complexity index is 741. The smallest absolute Gasteiger partial charge is 0.337 e. The van der Waals surface area contributed by atoms with Crippen molar-refractivity contribution in [3.05, 3.63) is 64.5 Å². The van der Waals surface area contributed by atoms with Crippen LogP contribution in [0.3, 0.4) is 0 Å². The second-order valence-electron chi connectivity index (χ2n) is 5.30. The fraction of sp³-hybridized carbons (Fsp3) is 0.235. The first-order valence-electron chi connectivity index (χ1n) is 7.31.